The minimum atomic E-state index is -0.469. The van der Waals surface area contributed by atoms with Gasteiger partial charge in [0.25, 0.3) is 5.69 Å². The highest BCUT2D eigenvalue weighted by molar-refractivity contribution is 5.74. The lowest BCUT2D eigenvalue weighted by Crippen LogP contribution is -1.89. The summed E-state index contributed by atoms with van der Waals surface area (Å²) in [7, 11) is 0. The molecule has 0 unspecified atom stereocenters. The number of nitrogen functional groups attached to an aromatic ring is 1. The third-order valence-electron chi connectivity index (χ3n) is 2.41. The van der Waals surface area contributed by atoms with Crippen molar-refractivity contribution >= 4 is 11.4 Å². The summed E-state index contributed by atoms with van der Waals surface area (Å²) < 4.78 is 0. The fraction of sp³-hybridized carbons (Fsp3) is 0. The molecule has 0 bridgehead atoms. The number of nitrogens with zero attached hydrogens (tertiary/aromatic N) is 1. The quantitative estimate of drug-likeness (QED) is 0.359. The number of nitro benzene ring substituents is 1. The monoisotopic (exact) mass is 230 g/mol. The number of non-ortho nitro benzene ring substituents is 1. The second-order valence-electron chi connectivity index (χ2n) is 3.58. The van der Waals surface area contributed by atoms with E-state index in [1.165, 1.54) is 18.2 Å². The van der Waals surface area contributed by atoms with E-state index in [1.54, 1.807) is 24.3 Å². The van der Waals surface area contributed by atoms with Crippen molar-refractivity contribution in [1.82, 2.24) is 0 Å². The molecule has 0 aliphatic rings. The zero-order valence-electron chi connectivity index (χ0n) is 8.83. The van der Waals surface area contributed by atoms with Gasteiger partial charge in [-0.05, 0) is 35.9 Å². The lowest BCUT2D eigenvalue weighted by Gasteiger charge is -2.05. The minimum absolute atomic E-state index is 0.0112. The van der Waals surface area contributed by atoms with E-state index in [9.17, 15) is 15.2 Å². The number of anilines is 1. The molecule has 0 saturated carbocycles. The zero-order chi connectivity index (χ0) is 12.4. The molecule has 0 radical (unpaired) electrons. The third kappa shape index (κ3) is 2.17. The first-order valence-corrected chi connectivity index (χ1v) is 4.91. The van der Waals surface area contributed by atoms with Crippen molar-refractivity contribution in [3.8, 4) is 16.9 Å². The molecule has 0 atom stereocenters. The van der Waals surface area contributed by atoms with E-state index in [-0.39, 0.29) is 11.4 Å². The second-order valence-corrected chi connectivity index (χ2v) is 3.58. The first-order chi connectivity index (χ1) is 8.08. The van der Waals surface area contributed by atoms with E-state index < -0.39 is 4.92 Å². The van der Waals surface area contributed by atoms with Crippen molar-refractivity contribution in [1.29, 1.82) is 0 Å². The maximum Gasteiger partial charge on any atom is 0.269 e. The van der Waals surface area contributed by atoms with Gasteiger partial charge in [0, 0.05) is 23.4 Å². The molecule has 86 valence electrons. The van der Waals surface area contributed by atoms with Gasteiger partial charge in [-0.3, -0.25) is 10.1 Å². The number of hydrogen-bond acceptors (Lipinski definition) is 4. The summed E-state index contributed by atoms with van der Waals surface area (Å²) in [6.45, 7) is 0. The molecule has 0 amide bonds. The molecule has 0 heterocycles. The molecular formula is C12H10N2O3. The van der Waals surface area contributed by atoms with Crippen molar-refractivity contribution in [2.45, 2.75) is 0 Å². The predicted molar refractivity (Wildman–Crippen MR) is 64.6 cm³/mol. The number of benzene rings is 2. The van der Waals surface area contributed by atoms with Crippen LogP contribution in [0.1, 0.15) is 0 Å². The van der Waals surface area contributed by atoms with Crippen LogP contribution in [0.15, 0.2) is 42.5 Å². The average molecular weight is 230 g/mol. The van der Waals surface area contributed by atoms with Crippen LogP contribution in [0.25, 0.3) is 11.1 Å². The molecule has 2 aromatic rings. The van der Waals surface area contributed by atoms with Crippen LogP contribution < -0.4 is 5.73 Å². The average Bonchev–Trinajstić information content (AvgIpc) is 2.32. The number of phenols is 1. The Morgan fingerprint density at radius 1 is 1.12 bits per heavy atom. The van der Waals surface area contributed by atoms with Crippen LogP contribution in [0.2, 0.25) is 0 Å². The van der Waals surface area contributed by atoms with Gasteiger partial charge >= 0.3 is 0 Å². The maximum atomic E-state index is 10.5. The Morgan fingerprint density at radius 3 is 2.35 bits per heavy atom. The molecule has 2 rings (SSSR count). The first kappa shape index (κ1) is 10.9. The topological polar surface area (TPSA) is 89.4 Å². The number of nitro groups is 1. The van der Waals surface area contributed by atoms with Crippen LogP contribution >= 0.6 is 0 Å². The van der Waals surface area contributed by atoms with Gasteiger partial charge in [0.05, 0.1) is 4.92 Å². The summed E-state index contributed by atoms with van der Waals surface area (Å²) in [4.78, 5) is 10.0. The fourth-order valence-electron chi connectivity index (χ4n) is 1.55. The van der Waals surface area contributed by atoms with Crippen LogP contribution in [-0.4, -0.2) is 10.0 Å². The Bertz CT molecular complexity index is 564. The maximum absolute atomic E-state index is 10.5. The Kier molecular flexibility index (Phi) is 2.66. The van der Waals surface area contributed by atoms with Crippen LogP contribution in [0.3, 0.4) is 0 Å². The summed E-state index contributed by atoms with van der Waals surface area (Å²) >= 11 is 0. The molecule has 3 N–H and O–H groups in total. The van der Waals surface area contributed by atoms with E-state index in [1.807, 2.05) is 0 Å². The minimum Gasteiger partial charge on any atom is -0.507 e. The van der Waals surface area contributed by atoms with Gasteiger partial charge in [-0.25, -0.2) is 0 Å². The zero-order valence-corrected chi connectivity index (χ0v) is 8.83. The van der Waals surface area contributed by atoms with E-state index in [0.29, 0.717) is 16.8 Å². The second kappa shape index (κ2) is 4.13. The van der Waals surface area contributed by atoms with Gasteiger partial charge in [-0.1, -0.05) is 0 Å². The molecule has 5 heteroatoms. The molecule has 5 nitrogen and oxygen atoms in total. The SMILES string of the molecule is Nc1ccc(O)c(-c2ccc([N+](=O)[O-])cc2)c1. The lowest BCUT2D eigenvalue weighted by molar-refractivity contribution is -0.384. The number of phenolic OH excluding ortho intramolecular Hbond substituents is 1. The lowest BCUT2D eigenvalue weighted by atomic mass is 10.0. The fourth-order valence-corrected chi connectivity index (χ4v) is 1.55. The largest absolute Gasteiger partial charge is 0.507 e. The molecule has 0 aromatic heterocycles. The van der Waals surface area contributed by atoms with Gasteiger partial charge in [-0.2, -0.15) is 0 Å². The van der Waals surface area contributed by atoms with Gasteiger partial charge in [0.2, 0.25) is 0 Å². The summed E-state index contributed by atoms with van der Waals surface area (Å²) in [6, 6.07) is 10.6. The molecule has 0 fully saturated rings. The van der Waals surface area contributed by atoms with Gasteiger partial charge in [0.1, 0.15) is 5.75 Å². The molecule has 0 spiro atoms. The van der Waals surface area contributed by atoms with Crippen molar-refractivity contribution in [2.24, 2.45) is 0 Å². The summed E-state index contributed by atoms with van der Waals surface area (Å²) in [5, 5.41) is 20.2. The Hall–Kier alpha value is -2.56. The van der Waals surface area contributed by atoms with Crippen LogP contribution in [-0.2, 0) is 0 Å². The molecule has 0 aliphatic heterocycles. The Balaban J connectivity index is 2.46. The number of aromatic hydroxyl groups is 1. The summed E-state index contributed by atoms with van der Waals surface area (Å²) in [5.74, 6) is 0.0908. The van der Waals surface area contributed by atoms with E-state index in [4.69, 9.17) is 5.73 Å². The van der Waals surface area contributed by atoms with Crippen LogP contribution in [0.4, 0.5) is 11.4 Å². The summed E-state index contributed by atoms with van der Waals surface area (Å²) in [6.07, 6.45) is 0. The van der Waals surface area contributed by atoms with Gasteiger partial charge in [-0.15, -0.1) is 0 Å². The number of rotatable bonds is 2. The predicted octanol–water partition coefficient (Wildman–Crippen LogP) is 2.55. The van der Waals surface area contributed by atoms with Gasteiger partial charge in [0.15, 0.2) is 0 Å². The smallest absolute Gasteiger partial charge is 0.269 e. The van der Waals surface area contributed by atoms with E-state index >= 15 is 0 Å². The standard InChI is InChI=1S/C12H10N2O3/c13-9-3-6-12(15)11(7-9)8-1-4-10(5-2-8)14(16)17/h1-7,15H,13H2. The highest BCUT2D eigenvalue weighted by Crippen LogP contribution is 2.31. The van der Waals surface area contributed by atoms with Crippen molar-refractivity contribution in [2.75, 3.05) is 5.73 Å². The Labute approximate surface area is 97.3 Å². The normalized spacial score (nSPS) is 10.1. The summed E-state index contributed by atoms with van der Waals surface area (Å²) in [5.41, 5.74) is 7.40. The van der Waals surface area contributed by atoms with E-state index in [0.717, 1.165) is 0 Å². The van der Waals surface area contributed by atoms with Crippen molar-refractivity contribution in [3.63, 3.8) is 0 Å². The highest BCUT2D eigenvalue weighted by Gasteiger charge is 2.08. The molecule has 0 aliphatic carbocycles. The van der Waals surface area contributed by atoms with Gasteiger partial charge < -0.3 is 10.8 Å². The van der Waals surface area contributed by atoms with Crippen molar-refractivity contribution < 1.29 is 10.0 Å². The first-order valence-electron chi connectivity index (χ1n) is 4.91. The van der Waals surface area contributed by atoms with Crippen LogP contribution in [0.5, 0.6) is 5.75 Å². The van der Waals surface area contributed by atoms with E-state index in [2.05, 4.69) is 0 Å². The van der Waals surface area contributed by atoms with Crippen molar-refractivity contribution in [3.05, 3.63) is 52.6 Å². The third-order valence-corrected chi connectivity index (χ3v) is 2.41. The number of nitrogens with two attached hydrogens (primary N) is 1. The number of hydrogen-bond donors (Lipinski definition) is 2. The molecule has 2 aromatic carbocycles. The van der Waals surface area contributed by atoms with Crippen LogP contribution in [0, 0.1) is 10.1 Å². The molecular weight excluding hydrogens is 220 g/mol. The molecule has 17 heavy (non-hydrogen) atoms. The molecule has 0 saturated heterocycles. The Morgan fingerprint density at radius 2 is 1.76 bits per heavy atom. The highest BCUT2D eigenvalue weighted by atomic mass is 16.6.